The lowest BCUT2D eigenvalue weighted by atomic mass is 10.1. The van der Waals surface area contributed by atoms with E-state index in [4.69, 9.17) is 0 Å². The molecule has 5 heteroatoms. The van der Waals surface area contributed by atoms with Crippen LogP contribution in [0.5, 0.6) is 0 Å². The van der Waals surface area contributed by atoms with Gasteiger partial charge in [0.15, 0.2) is 0 Å². The highest BCUT2D eigenvalue weighted by Gasteiger charge is 2.30. The molecule has 0 aliphatic carbocycles. The Labute approximate surface area is 122 Å². The number of β-amino-alcohol motifs (C(OH)–C–C–N with tert-alkyl or cyclic N) is 2. The van der Waals surface area contributed by atoms with Crippen LogP contribution >= 0.6 is 15.9 Å². The predicted molar refractivity (Wildman–Crippen MR) is 80.3 cm³/mol. The summed E-state index contributed by atoms with van der Waals surface area (Å²) < 4.78 is 1.04. The van der Waals surface area contributed by atoms with E-state index in [9.17, 15) is 10.2 Å². The molecular weight excluding hydrogens is 308 g/mol. The van der Waals surface area contributed by atoms with Crippen molar-refractivity contribution >= 4 is 21.6 Å². The van der Waals surface area contributed by atoms with Crippen molar-refractivity contribution in [2.24, 2.45) is 0 Å². The number of benzene rings is 1. The lowest BCUT2D eigenvalue weighted by molar-refractivity contribution is 0.0572. The molecule has 0 bridgehead atoms. The van der Waals surface area contributed by atoms with Crippen LogP contribution in [-0.4, -0.2) is 41.6 Å². The van der Waals surface area contributed by atoms with E-state index in [1.807, 2.05) is 17.0 Å². The molecule has 0 radical (unpaired) electrons. The Hall–Kier alpha value is -0.620. The van der Waals surface area contributed by atoms with Crippen molar-refractivity contribution in [2.75, 3.05) is 18.0 Å². The van der Waals surface area contributed by atoms with Gasteiger partial charge < -0.3 is 20.4 Å². The van der Waals surface area contributed by atoms with Gasteiger partial charge >= 0.3 is 0 Å². The predicted octanol–water partition coefficient (Wildman–Crippen LogP) is 1.49. The minimum Gasteiger partial charge on any atom is -0.389 e. The van der Waals surface area contributed by atoms with Gasteiger partial charge in [0.05, 0.1) is 12.2 Å². The summed E-state index contributed by atoms with van der Waals surface area (Å²) in [6.45, 7) is 5.96. The van der Waals surface area contributed by atoms with E-state index in [2.05, 4.69) is 41.2 Å². The van der Waals surface area contributed by atoms with E-state index in [1.54, 1.807) is 0 Å². The highest BCUT2D eigenvalue weighted by molar-refractivity contribution is 9.10. The zero-order chi connectivity index (χ0) is 14.0. The topological polar surface area (TPSA) is 55.7 Å². The summed E-state index contributed by atoms with van der Waals surface area (Å²) in [6.07, 6.45) is -1.32. The molecule has 4 nitrogen and oxygen atoms in total. The van der Waals surface area contributed by atoms with Gasteiger partial charge in [-0.1, -0.05) is 29.8 Å². The summed E-state index contributed by atoms with van der Waals surface area (Å²) in [6, 6.07) is 6.53. The van der Waals surface area contributed by atoms with E-state index < -0.39 is 12.2 Å². The standard InChI is InChI=1S/C14H21BrN2O2/c1-9(2)16-6-10-5-11(15)3-4-12(10)17-7-13(18)14(19)8-17/h3-5,9,13-14,16,18-19H,6-8H2,1-2H3. The number of aliphatic hydroxyl groups is 2. The summed E-state index contributed by atoms with van der Waals surface area (Å²) in [4.78, 5) is 2.04. The van der Waals surface area contributed by atoms with Crippen LogP contribution in [-0.2, 0) is 6.54 Å². The largest absolute Gasteiger partial charge is 0.389 e. The van der Waals surface area contributed by atoms with Crippen LogP contribution in [0.3, 0.4) is 0 Å². The molecule has 1 aliphatic rings. The molecule has 0 aromatic heterocycles. The summed E-state index contributed by atoms with van der Waals surface area (Å²) in [5, 5.41) is 22.8. The smallest absolute Gasteiger partial charge is 0.0990 e. The van der Waals surface area contributed by atoms with Crippen molar-refractivity contribution in [3.05, 3.63) is 28.2 Å². The van der Waals surface area contributed by atoms with Gasteiger partial charge in [0.25, 0.3) is 0 Å². The lowest BCUT2D eigenvalue weighted by Gasteiger charge is -2.22. The molecule has 1 aromatic carbocycles. The maximum Gasteiger partial charge on any atom is 0.0990 e. The van der Waals surface area contributed by atoms with Crippen molar-refractivity contribution < 1.29 is 10.2 Å². The second-order valence-corrected chi connectivity index (χ2v) is 6.26. The van der Waals surface area contributed by atoms with Crippen LogP contribution in [0.4, 0.5) is 5.69 Å². The average molecular weight is 329 g/mol. The highest BCUT2D eigenvalue weighted by Crippen LogP contribution is 2.28. The quantitative estimate of drug-likeness (QED) is 0.783. The SMILES string of the molecule is CC(C)NCc1cc(Br)ccc1N1CC(O)C(O)C1. The van der Waals surface area contributed by atoms with Crippen molar-refractivity contribution in [3.8, 4) is 0 Å². The van der Waals surface area contributed by atoms with Gasteiger partial charge in [0.1, 0.15) is 0 Å². The molecule has 1 aromatic rings. The molecular formula is C14H21BrN2O2. The number of rotatable bonds is 4. The normalized spacial score (nSPS) is 23.4. The molecule has 1 aliphatic heterocycles. The van der Waals surface area contributed by atoms with E-state index in [0.29, 0.717) is 19.1 Å². The van der Waals surface area contributed by atoms with Crippen LogP contribution < -0.4 is 10.2 Å². The zero-order valence-corrected chi connectivity index (χ0v) is 12.9. The molecule has 19 heavy (non-hydrogen) atoms. The summed E-state index contributed by atoms with van der Waals surface area (Å²) in [5.41, 5.74) is 2.25. The molecule has 0 amide bonds. The Morgan fingerprint density at radius 1 is 1.32 bits per heavy atom. The van der Waals surface area contributed by atoms with Gasteiger partial charge in [-0.2, -0.15) is 0 Å². The van der Waals surface area contributed by atoms with Gasteiger partial charge in [-0.25, -0.2) is 0 Å². The number of nitrogens with one attached hydrogen (secondary N) is 1. The monoisotopic (exact) mass is 328 g/mol. The van der Waals surface area contributed by atoms with E-state index >= 15 is 0 Å². The van der Waals surface area contributed by atoms with E-state index in [0.717, 1.165) is 16.7 Å². The zero-order valence-electron chi connectivity index (χ0n) is 11.3. The second-order valence-electron chi connectivity index (χ2n) is 5.35. The Balaban J connectivity index is 2.19. The number of anilines is 1. The molecule has 2 unspecified atom stereocenters. The Morgan fingerprint density at radius 2 is 1.95 bits per heavy atom. The molecule has 0 spiro atoms. The van der Waals surface area contributed by atoms with E-state index in [-0.39, 0.29) is 0 Å². The molecule has 1 heterocycles. The number of hydrogen-bond acceptors (Lipinski definition) is 4. The third-order valence-electron chi connectivity index (χ3n) is 3.34. The third-order valence-corrected chi connectivity index (χ3v) is 3.84. The van der Waals surface area contributed by atoms with Gasteiger partial charge in [-0.05, 0) is 23.8 Å². The molecule has 2 rings (SSSR count). The first-order chi connectivity index (χ1) is 8.97. The fourth-order valence-corrected chi connectivity index (χ4v) is 2.69. The van der Waals surface area contributed by atoms with Crippen molar-refractivity contribution in [2.45, 2.75) is 38.6 Å². The van der Waals surface area contributed by atoms with Crippen molar-refractivity contribution in [1.82, 2.24) is 5.32 Å². The van der Waals surface area contributed by atoms with E-state index in [1.165, 1.54) is 5.56 Å². The first-order valence-electron chi connectivity index (χ1n) is 6.60. The fraction of sp³-hybridized carbons (Fsp3) is 0.571. The first kappa shape index (κ1) is 14.8. The lowest BCUT2D eigenvalue weighted by Crippen LogP contribution is -2.26. The minimum atomic E-state index is -0.658. The summed E-state index contributed by atoms with van der Waals surface area (Å²) in [7, 11) is 0. The molecule has 1 saturated heterocycles. The highest BCUT2D eigenvalue weighted by atomic mass is 79.9. The van der Waals surface area contributed by atoms with Crippen LogP contribution in [0.25, 0.3) is 0 Å². The van der Waals surface area contributed by atoms with Crippen molar-refractivity contribution in [1.29, 1.82) is 0 Å². The van der Waals surface area contributed by atoms with Crippen LogP contribution in [0.1, 0.15) is 19.4 Å². The summed E-state index contributed by atoms with van der Waals surface area (Å²) >= 11 is 3.49. The van der Waals surface area contributed by atoms with Crippen molar-refractivity contribution in [3.63, 3.8) is 0 Å². The minimum absolute atomic E-state index is 0.418. The molecule has 2 atom stereocenters. The van der Waals surface area contributed by atoms with Crippen LogP contribution in [0.2, 0.25) is 0 Å². The number of nitrogens with zero attached hydrogens (tertiary/aromatic N) is 1. The Bertz CT molecular complexity index is 429. The van der Waals surface area contributed by atoms with Gasteiger partial charge in [-0.15, -0.1) is 0 Å². The Kier molecular flexibility index (Phi) is 4.84. The molecule has 1 fully saturated rings. The average Bonchev–Trinajstić information content (AvgIpc) is 2.67. The third kappa shape index (κ3) is 3.69. The molecule has 0 saturated carbocycles. The number of halogens is 1. The maximum absolute atomic E-state index is 9.68. The maximum atomic E-state index is 9.68. The first-order valence-corrected chi connectivity index (χ1v) is 7.39. The number of aliphatic hydroxyl groups excluding tert-OH is 2. The number of hydrogen-bond donors (Lipinski definition) is 3. The van der Waals surface area contributed by atoms with Crippen LogP contribution in [0, 0.1) is 0 Å². The molecule has 3 N–H and O–H groups in total. The molecule has 106 valence electrons. The van der Waals surface area contributed by atoms with Gasteiger partial charge in [0, 0.05) is 35.8 Å². The van der Waals surface area contributed by atoms with Gasteiger partial charge in [0.2, 0.25) is 0 Å². The van der Waals surface area contributed by atoms with Crippen LogP contribution in [0.15, 0.2) is 22.7 Å². The summed E-state index contributed by atoms with van der Waals surface area (Å²) in [5.74, 6) is 0. The van der Waals surface area contributed by atoms with Gasteiger partial charge in [-0.3, -0.25) is 0 Å². The Morgan fingerprint density at radius 3 is 2.53 bits per heavy atom. The fourth-order valence-electron chi connectivity index (χ4n) is 2.28. The second kappa shape index (κ2) is 6.22.